The third kappa shape index (κ3) is 3.51. The second kappa shape index (κ2) is 7.25. The molecule has 1 aromatic heterocycles. The molecule has 0 unspecified atom stereocenters. The summed E-state index contributed by atoms with van der Waals surface area (Å²) in [5.41, 5.74) is 1.33. The van der Waals surface area contributed by atoms with Crippen molar-refractivity contribution in [1.82, 2.24) is 9.97 Å². The summed E-state index contributed by atoms with van der Waals surface area (Å²) in [6.07, 6.45) is 13.3. The standard InChI is InChI=1S/C17H26IN3/c1-19-17-14(18)15(12-8-6-7-9-12)20-16(21-17)13-10-4-2-3-5-11-13/h12-13H,2-11H2,1H3,(H,19,20,21). The molecule has 0 spiro atoms. The third-order valence-corrected chi connectivity index (χ3v) is 6.16. The van der Waals surface area contributed by atoms with Crippen LogP contribution < -0.4 is 5.32 Å². The zero-order valence-corrected chi connectivity index (χ0v) is 15.2. The maximum Gasteiger partial charge on any atom is 0.143 e. The van der Waals surface area contributed by atoms with Gasteiger partial charge in [0.05, 0.1) is 9.26 Å². The van der Waals surface area contributed by atoms with Crippen LogP contribution in [0.5, 0.6) is 0 Å². The molecule has 2 fully saturated rings. The summed E-state index contributed by atoms with van der Waals surface area (Å²) >= 11 is 2.44. The Morgan fingerprint density at radius 3 is 2.05 bits per heavy atom. The molecule has 0 atom stereocenters. The largest absolute Gasteiger partial charge is 0.372 e. The first-order valence-corrected chi connectivity index (χ1v) is 9.62. The third-order valence-electron chi connectivity index (χ3n) is 5.09. The minimum Gasteiger partial charge on any atom is -0.372 e. The van der Waals surface area contributed by atoms with E-state index in [0.717, 1.165) is 11.6 Å². The van der Waals surface area contributed by atoms with Crippen molar-refractivity contribution < 1.29 is 0 Å². The predicted molar refractivity (Wildman–Crippen MR) is 95.9 cm³/mol. The van der Waals surface area contributed by atoms with Crippen molar-refractivity contribution in [1.29, 1.82) is 0 Å². The summed E-state index contributed by atoms with van der Waals surface area (Å²) < 4.78 is 1.25. The summed E-state index contributed by atoms with van der Waals surface area (Å²) in [7, 11) is 1.99. The Balaban J connectivity index is 1.93. The van der Waals surface area contributed by atoms with Gasteiger partial charge < -0.3 is 5.32 Å². The zero-order chi connectivity index (χ0) is 14.7. The average Bonchev–Trinajstić information content (AvgIpc) is 2.90. The highest BCUT2D eigenvalue weighted by Crippen LogP contribution is 2.38. The molecule has 2 saturated carbocycles. The molecule has 0 aromatic carbocycles. The average molecular weight is 399 g/mol. The Morgan fingerprint density at radius 1 is 0.857 bits per heavy atom. The molecule has 0 aliphatic heterocycles. The molecular weight excluding hydrogens is 373 g/mol. The van der Waals surface area contributed by atoms with E-state index in [-0.39, 0.29) is 0 Å². The molecule has 4 heteroatoms. The first kappa shape index (κ1) is 15.5. The van der Waals surface area contributed by atoms with Gasteiger partial charge in [0, 0.05) is 18.9 Å². The predicted octanol–water partition coefficient (Wildman–Crippen LogP) is 5.22. The fourth-order valence-corrected chi connectivity index (χ4v) is 4.79. The monoisotopic (exact) mass is 399 g/mol. The molecule has 1 aromatic rings. The number of rotatable bonds is 3. The van der Waals surface area contributed by atoms with Crippen LogP contribution in [0.25, 0.3) is 0 Å². The lowest BCUT2D eigenvalue weighted by Gasteiger charge is -2.19. The van der Waals surface area contributed by atoms with Gasteiger partial charge in [0.25, 0.3) is 0 Å². The van der Waals surface area contributed by atoms with Gasteiger partial charge >= 0.3 is 0 Å². The molecule has 1 heterocycles. The number of aromatic nitrogens is 2. The Labute approximate surface area is 141 Å². The molecule has 1 N–H and O–H groups in total. The van der Waals surface area contributed by atoms with Crippen LogP contribution in [0.3, 0.4) is 0 Å². The van der Waals surface area contributed by atoms with Crippen molar-refractivity contribution in [2.45, 2.75) is 76.0 Å². The first-order valence-electron chi connectivity index (χ1n) is 8.54. The quantitative estimate of drug-likeness (QED) is 0.560. The maximum absolute atomic E-state index is 5.07. The van der Waals surface area contributed by atoms with E-state index in [4.69, 9.17) is 9.97 Å². The minimum atomic E-state index is 0.580. The molecule has 2 aliphatic carbocycles. The highest BCUT2D eigenvalue weighted by atomic mass is 127. The van der Waals surface area contributed by atoms with Crippen LogP contribution in [-0.2, 0) is 0 Å². The number of anilines is 1. The van der Waals surface area contributed by atoms with Crippen molar-refractivity contribution in [3.05, 3.63) is 15.1 Å². The van der Waals surface area contributed by atoms with Crippen LogP contribution in [0.15, 0.2) is 0 Å². The van der Waals surface area contributed by atoms with E-state index in [1.807, 2.05) is 7.05 Å². The summed E-state index contributed by atoms with van der Waals surface area (Å²) in [5, 5.41) is 3.30. The number of halogens is 1. The van der Waals surface area contributed by atoms with Crippen LogP contribution in [0.1, 0.15) is 87.6 Å². The Morgan fingerprint density at radius 2 is 1.43 bits per heavy atom. The number of nitrogens with zero attached hydrogens (tertiary/aromatic N) is 2. The van der Waals surface area contributed by atoms with Crippen molar-refractivity contribution >= 4 is 28.4 Å². The van der Waals surface area contributed by atoms with E-state index < -0.39 is 0 Å². The molecule has 0 saturated heterocycles. The van der Waals surface area contributed by atoms with E-state index in [0.29, 0.717) is 11.8 Å². The van der Waals surface area contributed by atoms with Crippen molar-refractivity contribution in [3.8, 4) is 0 Å². The lowest BCUT2D eigenvalue weighted by atomic mass is 9.98. The number of hydrogen-bond donors (Lipinski definition) is 1. The van der Waals surface area contributed by atoms with E-state index in [1.54, 1.807) is 0 Å². The molecule has 3 nitrogen and oxygen atoms in total. The highest BCUT2D eigenvalue weighted by molar-refractivity contribution is 14.1. The van der Waals surface area contributed by atoms with Crippen molar-refractivity contribution in [3.63, 3.8) is 0 Å². The highest BCUT2D eigenvalue weighted by Gasteiger charge is 2.26. The molecule has 3 rings (SSSR count). The Hall–Kier alpha value is -0.390. The fourth-order valence-electron chi connectivity index (χ4n) is 3.84. The van der Waals surface area contributed by atoms with Crippen molar-refractivity contribution in [2.24, 2.45) is 0 Å². The number of hydrogen-bond acceptors (Lipinski definition) is 3. The molecule has 0 amide bonds. The van der Waals surface area contributed by atoms with Gasteiger partial charge in [-0.2, -0.15) is 0 Å². The first-order chi connectivity index (χ1) is 10.3. The van der Waals surface area contributed by atoms with Gasteiger partial charge in [-0.05, 0) is 48.3 Å². The van der Waals surface area contributed by atoms with E-state index in [2.05, 4.69) is 27.9 Å². The SMILES string of the molecule is CNc1nc(C2CCCCCC2)nc(C2CCCC2)c1I. The van der Waals surface area contributed by atoms with Gasteiger partial charge in [-0.25, -0.2) is 9.97 Å². The van der Waals surface area contributed by atoms with Crippen LogP contribution >= 0.6 is 22.6 Å². The summed E-state index contributed by atoms with van der Waals surface area (Å²) in [4.78, 5) is 9.93. The molecule has 2 aliphatic rings. The van der Waals surface area contributed by atoms with Gasteiger partial charge in [0.1, 0.15) is 11.6 Å². The maximum atomic E-state index is 5.07. The summed E-state index contributed by atoms with van der Waals surface area (Å²) in [6.45, 7) is 0. The summed E-state index contributed by atoms with van der Waals surface area (Å²) in [5.74, 6) is 3.41. The second-order valence-electron chi connectivity index (χ2n) is 6.55. The molecule has 116 valence electrons. The zero-order valence-electron chi connectivity index (χ0n) is 13.0. The van der Waals surface area contributed by atoms with Gasteiger partial charge in [-0.3, -0.25) is 0 Å². The lowest BCUT2D eigenvalue weighted by molar-refractivity contribution is 0.551. The minimum absolute atomic E-state index is 0.580. The van der Waals surface area contributed by atoms with Crippen LogP contribution in [0, 0.1) is 3.57 Å². The van der Waals surface area contributed by atoms with Crippen LogP contribution in [-0.4, -0.2) is 17.0 Å². The van der Waals surface area contributed by atoms with Crippen LogP contribution in [0.4, 0.5) is 5.82 Å². The molecule has 0 bridgehead atoms. The number of nitrogens with one attached hydrogen (secondary N) is 1. The fraction of sp³-hybridized carbons (Fsp3) is 0.765. The Kier molecular flexibility index (Phi) is 5.35. The second-order valence-corrected chi connectivity index (χ2v) is 7.63. The normalized spacial score (nSPS) is 21.4. The molecule has 21 heavy (non-hydrogen) atoms. The van der Waals surface area contributed by atoms with Gasteiger partial charge in [0.15, 0.2) is 0 Å². The topological polar surface area (TPSA) is 37.8 Å². The van der Waals surface area contributed by atoms with Gasteiger partial charge in [-0.15, -0.1) is 0 Å². The smallest absolute Gasteiger partial charge is 0.143 e. The van der Waals surface area contributed by atoms with Crippen molar-refractivity contribution in [2.75, 3.05) is 12.4 Å². The van der Waals surface area contributed by atoms with E-state index in [1.165, 1.54) is 73.5 Å². The molecular formula is C17H26IN3. The Bertz CT molecular complexity index is 475. The van der Waals surface area contributed by atoms with Gasteiger partial charge in [-0.1, -0.05) is 38.5 Å². The summed E-state index contributed by atoms with van der Waals surface area (Å²) in [6, 6.07) is 0. The molecule has 0 radical (unpaired) electrons. The van der Waals surface area contributed by atoms with Crippen LogP contribution in [0.2, 0.25) is 0 Å². The van der Waals surface area contributed by atoms with E-state index >= 15 is 0 Å². The van der Waals surface area contributed by atoms with Gasteiger partial charge in [0.2, 0.25) is 0 Å². The lowest BCUT2D eigenvalue weighted by Crippen LogP contribution is -2.13. The van der Waals surface area contributed by atoms with E-state index in [9.17, 15) is 0 Å².